The predicted octanol–water partition coefficient (Wildman–Crippen LogP) is 2.34. The molecule has 0 fully saturated rings. The zero-order chi connectivity index (χ0) is 16.5. The van der Waals surface area contributed by atoms with E-state index in [1.807, 2.05) is 19.1 Å². The number of hydrogen-bond acceptors (Lipinski definition) is 6. The molecule has 0 saturated carbocycles. The minimum absolute atomic E-state index is 0.274. The van der Waals surface area contributed by atoms with E-state index >= 15 is 0 Å². The number of nitrogens with one attached hydrogen (secondary N) is 1. The Hall–Kier alpha value is -3.55. The van der Waals surface area contributed by atoms with E-state index in [0.717, 1.165) is 11.1 Å². The molecular weight excluding hydrogens is 308 g/mol. The van der Waals surface area contributed by atoms with Gasteiger partial charge in [-0.15, -0.1) is 0 Å². The molecule has 0 atom stereocenters. The van der Waals surface area contributed by atoms with Gasteiger partial charge < -0.3 is 9.84 Å². The summed E-state index contributed by atoms with van der Waals surface area (Å²) in [6, 6.07) is 7.30. The Bertz CT molecular complexity index is 1020. The second kappa shape index (κ2) is 5.58. The maximum Gasteiger partial charge on any atom is 0.274 e. The fourth-order valence-corrected chi connectivity index (χ4v) is 2.38. The zero-order valence-corrected chi connectivity index (χ0v) is 12.7. The Labute approximate surface area is 136 Å². The van der Waals surface area contributed by atoms with Crippen LogP contribution in [0, 0.1) is 6.92 Å². The van der Waals surface area contributed by atoms with Crippen LogP contribution in [0.1, 0.15) is 16.1 Å². The Morgan fingerprint density at radius 3 is 3.00 bits per heavy atom. The average Bonchev–Trinajstić information content (AvgIpc) is 3.26. The summed E-state index contributed by atoms with van der Waals surface area (Å²) in [4.78, 5) is 24.8. The van der Waals surface area contributed by atoms with E-state index in [4.69, 9.17) is 4.52 Å². The van der Waals surface area contributed by atoms with Gasteiger partial charge in [0, 0.05) is 23.6 Å². The number of anilines is 1. The number of hydrogen-bond donors (Lipinski definition) is 1. The molecule has 0 spiro atoms. The lowest BCUT2D eigenvalue weighted by Crippen LogP contribution is -2.15. The molecule has 1 amide bonds. The summed E-state index contributed by atoms with van der Waals surface area (Å²) in [5.74, 6) is 0.660. The van der Waals surface area contributed by atoms with Crippen LogP contribution in [0.15, 0.2) is 53.8 Å². The van der Waals surface area contributed by atoms with E-state index in [0.29, 0.717) is 23.0 Å². The molecule has 1 N–H and O–H groups in total. The minimum atomic E-state index is -0.274. The molecule has 0 aliphatic carbocycles. The Balaban J connectivity index is 1.67. The Morgan fingerprint density at radius 2 is 2.17 bits per heavy atom. The van der Waals surface area contributed by atoms with Gasteiger partial charge in [0.25, 0.3) is 5.91 Å². The maximum atomic E-state index is 12.6. The Morgan fingerprint density at radius 1 is 1.25 bits per heavy atom. The van der Waals surface area contributed by atoms with E-state index in [1.165, 1.54) is 12.6 Å². The van der Waals surface area contributed by atoms with E-state index in [1.54, 1.807) is 28.9 Å². The highest BCUT2D eigenvalue weighted by atomic mass is 16.5. The van der Waals surface area contributed by atoms with Crippen LogP contribution in [0.2, 0.25) is 0 Å². The SMILES string of the molecule is Cc1ccc(-c2ncon2)cc1NC(=O)c1cnc2ncccn12. The van der Waals surface area contributed by atoms with Crippen molar-refractivity contribution in [2.45, 2.75) is 6.92 Å². The van der Waals surface area contributed by atoms with Crippen molar-refractivity contribution in [3.63, 3.8) is 0 Å². The molecule has 0 unspecified atom stereocenters. The van der Waals surface area contributed by atoms with Crippen molar-refractivity contribution in [1.29, 1.82) is 0 Å². The van der Waals surface area contributed by atoms with Gasteiger partial charge >= 0.3 is 0 Å². The van der Waals surface area contributed by atoms with Gasteiger partial charge in [-0.1, -0.05) is 17.3 Å². The Kier molecular flexibility index (Phi) is 3.27. The van der Waals surface area contributed by atoms with E-state index < -0.39 is 0 Å². The van der Waals surface area contributed by atoms with Gasteiger partial charge in [-0.2, -0.15) is 4.98 Å². The number of imidazole rings is 1. The summed E-state index contributed by atoms with van der Waals surface area (Å²) in [5.41, 5.74) is 2.75. The van der Waals surface area contributed by atoms with Crippen LogP contribution in [0.3, 0.4) is 0 Å². The van der Waals surface area contributed by atoms with Crippen molar-refractivity contribution in [2.75, 3.05) is 5.32 Å². The number of aryl methyl sites for hydroxylation is 1. The monoisotopic (exact) mass is 320 g/mol. The van der Waals surface area contributed by atoms with Gasteiger partial charge in [0.2, 0.25) is 18.0 Å². The third-order valence-corrected chi connectivity index (χ3v) is 3.63. The summed E-state index contributed by atoms with van der Waals surface area (Å²) in [6.45, 7) is 1.91. The van der Waals surface area contributed by atoms with Crippen LogP contribution in [0.5, 0.6) is 0 Å². The van der Waals surface area contributed by atoms with Crippen molar-refractivity contribution in [1.82, 2.24) is 24.5 Å². The quantitative estimate of drug-likeness (QED) is 0.622. The maximum absolute atomic E-state index is 12.6. The first-order chi connectivity index (χ1) is 11.7. The van der Waals surface area contributed by atoms with Crippen LogP contribution in [0.4, 0.5) is 5.69 Å². The van der Waals surface area contributed by atoms with Crippen LogP contribution < -0.4 is 5.32 Å². The molecule has 3 heterocycles. The molecule has 8 heteroatoms. The number of nitrogens with zero attached hydrogens (tertiary/aromatic N) is 5. The summed E-state index contributed by atoms with van der Waals surface area (Å²) in [7, 11) is 0. The molecule has 118 valence electrons. The van der Waals surface area contributed by atoms with Gasteiger partial charge in [-0.25, -0.2) is 9.97 Å². The number of rotatable bonds is 3. The zero-order valence-electron chi connectivity index (χ0n) is 12.7. The van der Waals surface area contributed by atoms with Crippen molar-refractivity contribution >= 4 is 17.4 Å². The molecular formula is C16H12N6O2. The smallest absolute Gasteiger partial charge is 0.274 e. The number of benzene rings is 1. The van der Waals surface area contributed by atoms with Crippen LogP contribution >= 0.6 is 0 Å². The fraction of sp³-hybridized carbons (Fsp3) is 0.0625. The summed E-state index contributed by atoms with van der Waals surface area (Å²) < 4.78 is 6.39. The molecule has 0 radical (unpaired) electrons. The van der Waals surface area contributed by atoms with Gasteiger partial charge in [0.1, 0.15) is 5.69 Å². The highest BCUT2D eigenvalue weighted by Crippen LogP contribution is 2.23. The first kappa shape index (κ1) is 14.1. The normalized spacial score (nSPS) is 10.9. The molecule has 24 heavy (non-hydrogen) atoms. The molecule has 0 aliphatic rings. The average molecular weight is 320 g/mol. The van der Waals surface area contributed by atoms with Gasteiger partial charge in [-0.05, 0) is 24.6 Å². The van der Waals surface area contributed by atoms with Crippen LogP contribution in [-0.4, -0.2) is 30.4 Å². The lowest BCUT2D eigenvalue weighted by atomic mass is 10.1. The van der Waals surface area contributed by atoms with E-state index in [-0.39, 0.29) is 5.91 Å². The van der Waals surface area contributed by atoms with Crippen LogP contribution in [0.25, 0.3) is 17.2 Å². The van der Waals surface area contributed by atoms with Crippen molar-refractivity contribution in [3.8, 4) is 11.4 Å². The molecule has 4 rings (SSSR count). The molecule has 1 aromatic carbocycles. The second-order valence-electron chi connectivity index (χ2n) is 5.17. The van der Waals surface area contributed by atoms with Crippen molar-refractivity contribution < 1.29 is 9.32 Å². The number of aromatic nitrogens is 5. The minimum Gasteiger partial charge on any atom is -0.342 e. The van der Waals surface area contributed by atoms with Crippen LogP contribution in [-0.2, 0) is 0 Å². The first-order valence-electron chi connectivity index (χ1n) is 7.19. The molecule has 4 aromatic rings. The number of carbonyl (C=O) groups excluding carboxylic acids is 1. The molecule has 8 nitrogen and oxygen atoms in total. The fourth-order valence-electron chi connectivity index (χ4n) is 2.38. The van der Waals surface area contributed by atoms with Crippen molar-refractivity contribution in [3.05, 3.63) is 60.5 Å². The summed E-state index contributed by atoms with van der Waals surface area (Å²) in [5, 5.41) is 6.70. The number of fused-ring (bicyclic) bond motifs is 1. The van der Waals surface area contributed by atoms with Gasteiger partial charge in [-0.3, -0.25) is 9.20 Å². The lowest BCUT2D eigenvalue weighted by Gasteiger charge is -2.09. The third-order valence-electron chi connectivity index (χ3n) is 3.63. The molecule has 3 aromatic heterocycles. The van der Waals surface area contributed by atoms with Gasteiger partial charge in [0.15, 0.2) is 0 Å². The first-order valence-corrected chi connectivity index (χ1v) is 7.19. The molecule has 0 bridgehead atoms. The standard InChI is InChI=1S/C16H12N6O2/c1-10-3-4-11(14-19-9-24-21-14)7-12(10)20-15(23)13-8-18-16-17-5-2-6-22(13)16/h2-9H,1H3,(H,20,23). The number of amides is 1. The molecule has 0 aliphatic heterocycles. The second-order valence-corrected chi connectivity index (χ2v) is 5.17. The largest absolute Gasteiger partial charge is 0.342 e. The van der Waals surface area contributed by atoms with Crippen molar-refractivity contribution in [2.24, 2.45) is 0 Å². The number of carbonyl (C=O) groups is 1. The summed E-state index contributed by atoms with van der Waals surface area (Å²) >= 11 is 0. The molecule has 0 saturated heterocycles. The highest BCUT2D eigenvalue weighted by molar-refractivity contribution is 6.04. The summed E-state index contributed by atoms with van der Waals surface area (Å²) in [6.07, 6.45) is 6.13. The lowest BCUT2D eigenvalue weighted by molar-refractivity contribution is 0.102. The highest BCUT2D eigenvalue weighted by Gasteiger charge is 2.14. The third kappa shape index (κ3) is 2.39. The van der Waals surface area contributed by atoms with E-state index in [2.05, 4.69) is 25.4 Å². The topological polar surface area (TPSA) is 98.2 Å². The van der Waals surface area contributed by atoms with Gasteiger partial charge in [0.05, 0.1) is 6.20 Å². The predicted molar refractivity (Wildman–Crippen MR) is 85.4 cm³/mol. The van der Waals surface area contributed by atoms with E-state index in [9.17, 15) is 4.79 Å².